The molecule has 0 saturated heterocycles. The van der Waals surface area contributed by atoms with Gasteiger partial charge in [0.2, 0.25) is 0 Å². The van der Waals surface area contributed by atoms with Crippen molar-refractivity contribution in [3.63, 3.8) is 0 Å². The Hall–Kier alpha value is -1.66. The van der Waals surface area contributed by atoms with Gasteiger partial charge in [-0.25, -0.2) is 4.68 Å². The third kappa shape index (κ3) is 3.26. The van der Waals surface area contributed by atoms with Gasteiger partial charge in [-0.15, -0.1) is 0 Å². The number of nitrogens with zero attached hydrogens (tertiary/aromatic N) is 2. The Morgan fingerprint density at radius 2 is 2.10 bits per heavy atom. The Bertz CT molecular complexity index is 605. The van der Waals surface area contributed by atoms with Gasteiger partial charge in [0.1, 0.15) is 0 Å². The van der Waals surface area contributed by atoms with Gasteiger partial charge in [-0.05, 0) is 38.1 Å². The summed E-state index contributed by atoms with van der Waals surface area (Å²) in [5.74, 6) is -0.230. The van der Waals surface area contributed by atoms with Crippen LogP contribution in [0.25, 0.3) is 5.69 Å². The molecule has 0 spiro atoms. The smallest absolute Gasteiger partial charge is 0.254 e. The maximum absolute atomic E-state index is 12.0. The van der Waals surface area contributed by atoms with Crippen molar-refractivity contribution in [1.82, 2.24) is 15.1 Å². The molecule has 2 rings (SSSR count). The highest BCUT2D eigenvalue weighted by Crippen LogP contribution is 2.17. The zero-order valence-corrected chi connectivity index (χ0v) is 12.9. The highest BCUT2D eigenvalue weighted by Gasteiger charge is 2.15. The lowest BCUT2D eigenvalue weighted by Crippen LogP contribution is -2.30. The monoisotopic (exact) mass is 337 g/mol. The zero-order valence-electron chi connectivity index (χ0n) is 11.3. The number of hydrogen-bond acceptors (Lipinski definition) is 3. The van der Waals surface area contributed by atoms with E-state index in [1.807, 2.05) is 31.2 Å². The molecular weight excluding hydrogens is 322 g/mol. The standard InChI is InChI=1S/C14H16BrN3O2/c1-9(19)7-16-14(20)13-8-17-18(10(13)2)12-5-3-11(15)4-6-12/h3-6,8-9,19H,7H2,1-2H3,(H,16,20). The third-order valence-electron chi connectivity index (χ3n) is 2.88. The van der Waals surface area contributed by atoms with Crippen molar-refractivity contribution in [1.29, 1.82) is 0 Å². The Morgan fingerprint density at radius 3 is 2.70 bits per heavy atom. The molecule has 0 aliphatic carbocycles. The summed E-state index contributed by atoms with van der Waals surface area (Å²) in [4.78, 5) is 12.0. The zero-order chi connectivity index (χ0) is 14.7. The van der Waals surface area contributed by atoms with E-state index in [2.05, 4.69) is 26.3 Å². The first-order valence-corrected chi connectivity index (χ1v) is 7.05. The molecule has 1 unspecified atom stereocenters. The van der Waals surface area contributed by atoms with Crippen molar-refractivity contribution < 1.29 is 9.90 Å². The fourth-order valence-electron chi connectivity index (χ4n) is 1.81. The van der Waals surface area contributed by atoms with Crippen LogP contribution in [0.3, 0.4) is 0 Å². The van der Waals surface area contributed by atoms with E-state index in [9.17, 15) is 9.90 Å². The first-order chi connectivity index (χ1) is 9.49. The number of aliphatic hydroxyl groups is 1. The molecule has 2 N–H and O–H groups in total. The van der Waals surface area contributed by atoms with Crippen molar-refractivity contribution in [2.45, 2.75) is 20.0 Å². The van der Waals surface area contributed by atoms with Gasteiger partial charge in [0, 0.05) is 11.0 Å². The number of aliphatic hydroxyl groups excluding tert-OH is 1. The summed E-state index contributed by atoms with van der Waals surface area (Å²) in [5.41, 5.74) is 2.16. The van der Waals surface area contributed by atoms with Crippen molar-refractivity contribution in [3.8, 4) is 5.69 Å². The number of aromatic nitrogens is 2. The van der Waals surface area contributed by atoms with Gasteiger partial charge in [0.25, 0.3) is 5.91 Å². The van der Waals surface area contributed by atoms with Gasteiger partial charge in [0.05, 0.1) is 29.2 Å². The van der Waals surface area contributed by atoms with Gasteiger partial charge in [-0.2, -0.15) is 5.10 Å². The van der Waals surface area contributed by atoms with E-state index < -0.39 is 6.10 Å². The Morgan fingerprint density at radius 1 is 1.45 bits per heavy atom. The molecule has 0 bridgehead atoms. The van der Waals surface area contributed by atoms with Crippen molar-refractivity contribution in [3.05, 3.63) is 46.2 Å². The maximum Gasteiger partial charge on any atom is 0.254 e. The summed E-state index contributed by atoms with van der Waals surface area (Å²) < 4.78 is 2.70. The van der Waals surface area contributed by atoms with Gasteiger partial charge in [0.15, 0.2) is 0 Å². The first kappa shape index (κ1) is 14.7. The van der Waals surface area contributed by atoms with E-state index in [4.69, 9.17) is 0 Å². The predicted molar refractivity (Wildman–Crippen MR) is 80.0 cm³/mol. The van der Waals surface area contributed by atoms with Gasteiger partial charge >= 0.3 is 0 Å². The number of carbonyl (C=O) groups excluding carboxylic acids is 1. The molecule has 0 fully saturated rings. The van der Waals surface area contributed by atoms with E-state index in [0.717, 1.165) is 15.9 Å². The third-order valence-corrected chi connectivity index (χ3v) is 3.41. The molecule has 1 atom stereocenters. The van der Waals surface area contributed by atoms with Gasteiger partial charge in [-0.3, -0.25) is 4.79 Å². The van der Waals surface area contributed by atoms with Gasteiger partial charge < -0.3 is 10.4 Å². The number of amides is 1. The van der Waals surface area contributed by atoms with Crippen LogP contribution in [-0.4, -0.2) is 33.4 Å². The van der Waals surface area contributed by atoms with Crippen molar-refractivity contribution in [2.75, 3.05) is 6.54 Å². The van der Waals surface area contributed by atoms with Crippen molar-refractivity contribution >= 4 is 21.8 Å². The lowest BCUT2D eigenvalue weighted by molar-refractivity contribution is 0.0923. The molecular formula is C14H16BrN3O2. The van der Waals surface area contributed by atoms with E-state index >= 15 is 0 Å². The van der Waals surface area contributed by atoms with E-state index in [1.54, 1.807) is 11.6 Å². The SMILES string of the molecule is Cc1c(C(=O)NCC(C)O)cnn1-c1ccc(Br)cc1. The maximum atomic E-state index is 12.0. The molecule has 5 nitrogen and oxygen atoms in total. The summed E-state index contributed by atoms with van der Waals surface area (Å²) in [5, 5.41) is 16.1. The molecule has 0 radical (unpaired) electrons. The molecule has 106 valence electrons. The minimum absolute atomic E-state index is 0.224. The number of nitrogens with one attached hydrogen (secondary N) is 1. The van der Waals surface area contributed by atoms with Crippen LogP contribution in [0.5, 0.6) is 0 Å². The number of halogens is 1. The number of carbonyl (C=O) groups is 1. The topological polar surface area (TPSA) is 67.2 Å². The lowest BCUT2D eigenvalue weighted by atomic mass is 10.2. The minimum Gasteiger partial charge on any atom is -0.392 e. The fraction of sp³-hybridized carbons (Fsp3) is 0.286. The summed E-state index contributed by atoms with van der Waals surface area (Å²) in [6.07, 6.45) is 0.968. The predicted octanol–water partition coefficient (Wildman–Crippen LogP) is 2.05. The Labute approximate surface area is 125 Å². The Kier molecular flexibility index (Phi) is 4.57. The molecule has 1 aromatic carbocycles. The second kappa shape index (κ2) is 6.19. The molecule has 1 heterocycles. The highest BCUT2D eigenvalue weighted by atomic mass is 79.9. The lowest BCUT2D eigenvalue weighted by Gasteiger charge is -2.08. The number of hydrogen-bond donors (Lipinski definition) is 2. The largest absolute Gasteiger partial charge is 0.392 e. The number of benzene rings is 1. The summed E-state index contributed by atoms with van der Waals surface area (Å²) in [7, 11) is 0. The molecule has 2 aromatic rings. The summed E-state index contributed by atoms with van der Waals surface area (Å²) in [6.45, 7) is 3.69. The molecule has 1 aromatic heterocycles. The van der Waals surface area contributed by atoms with Gasteiger partial charge in [-0.1, -0.05) is 15.9 Å². The van der Waals surface area contributed by atoms with Crippen LogP contribution in [0, 0.1) is 6.92 Å². The van der Waals surface area contributed by atoms with Crippen LogP contribution in [0.4, 0.5) is 0 Å². The molecule has 1 amide bonds. The quantitative estimate of drug-likeness (QED) is 0.897. The highest BCUT2D eigenvalue weighted by molar-refractivity contribution is 9.10. The van der Waals surface area contributed by atoms with E-state index in [0.29, 0.717) is 5.56 Å². The van der Waals surface area contributed by atoms with Crippen molar-refractivity contribution in [2.24, 2.45) is 0 Å². The Balaban J connectivity index is 2.22. The average Bonchev–Trinajstić information content (AvgIpc) is 2.79. The van der Waals surface area contributed by atoms with Crippen LogP contribution in [0.2, 0.25) is 0 Å². The summed E-state index contributed by atoms with van der Waals surface area (Å²) >= 11 is 3.38. The molecule has 0 saturated carbocycles. The minimum atomic E-state index is -0.569. The van der Waals surface area contributed by atoms with E-state index in [1.165, 1.54) is 6.20 Å². The average molecular weight is 338 g/mol. The molecule has 0 aliphatic heterocycles. The van der Waals surface area contributed by atoms with E-state index in [-0.39, 0.29) is 12.5 Å². The summed E-state index contributed by atoms with van der Waals surface area (Å²) in [6, 6.07) is 7.68. The first-order valence-electron chi connectivity index (χ1n) is 6.26. The second-order valence-electron chi connectivity index (χ2n) is 4.59. The number of rotatable bonds is 4. The van der Waals surface area contributed by atoms with Crippen LogP contribution in [0.1, 0.15) is 23.0 Å². The molecule has 6 heteroatoms. The molecule has 0 aliphatic rings. The van der Waals surface area contributed by atoms with Crippen LogP contribution >= 0.6 is 15.9 Å². The van der Waals surface area contributed by atoms with Crippen LogP contribution in [-0.2, 0) is 0 Å². The molecule has 20 heavy (non-hydrogen) atoms. The normalized spacial score (nSPS) is 12.2. The second-order valence-corrected chi connectivity index (χ2v) is 5.51. The fourth-order valence-corrected chi connectivity index (χ4v) is 2.08. The van der Waals surface area contributed by atoms with Crippen LogP contribution in [0.15, 0.2) is 34.9 Å². The van der Waals surface area contributed by atoms with Crippen LogP contribution < -0.4 is 5.32 Å².